The lowest BCUT2D eigenvalue weighted by Gasteiger charge is -2.09. The first kappa shape index (κ1) is 13.5. The maximum atomic E-state index is 11.2. The number of aromatic nitrogens is 1. The first-order valence-electron chi connectivity index (χ1n) is 5.17. The van der Waals surface area contributed by atoms with Crippen LogP contribution in [0.5, 0.6) is 0 Å². The van der Waals surface area contributed by atoms with Crippen LogP contribution in [0, 0.1) is 24.2 Å². The van der Waals surface area contributed by atoms with Crippen LogP contribution in [-0.4, -0.2) is 23.8 Å². The summed E-state index contributed by atoms with van der Waals surface area (Å²) in [5, 5.41) is 9.60. The zero-order chi connectivity index (χ0) is 12.8. The van der Waals surface area contributed by atoms with Crippen LogP contribution in [0.3, 0.4) is 0 Å². The van der Waals surface area contributed by atoms with Crippen molar-refractivity contribution in [2.75, 3.05) is 12.9 Å². The zero-order valence-corrected chi connectivity index (χ0v) is 10.9. The summed E-state index contributed by atoms with van der Waals surface area (Å²) < 4.78 is 4.64. The summed E-state index contributed by atoms with van der Waals surface area (Å²) in [4.78, 5) is 15.5. The summed E-state index contributed by atoms with van der Waals surface area (Å²) >= 11 is 1.40. The van der Waals surface area contributed by atoms with E-state index in [4.69, 9.17) is 5.26 Å². The molecule has 0 radical (unpaired) electrons. The number of rotatable bonds is 4. The maximum Gasteiger partial charge on any atom is 0.309 e. The molecular weight excluding hydrogens is 236 g/mol. The number of carbonyl (C=O) groups excluding carboxylic acids is 1. The zero-order valence-electron chi connectivity index (χ0n) is 10.1. The summed E-state index contributed by atoms with van der Waals surface area (Å²) in [6.07, 6.45) is 0. The van der Waals surface area contributed by atoms with Crippen LogP contribution in [0.15, 0.2) is 17.2 Å². The molecule has 0 fully saturated rings. The van der Waals surface area contributed by atoms with Gasteiger partial charge in [-0.05, 0) is 19.1 Å². The van der Waals surface area contributed by atoms with E-state index in [2.05, 4.69) is 15.8 Å². The summed E-state index contributed by atoms with van der Waals surface area (Å²) in [6, 6.07) is 5.63. The molecule has 17 heavy (non-hydrogen) atoms. The Balaban J connectivity index is 2.72. The van der Waals surface area contributed by atoms with Gasteiger partial charge >= 0.3 is 5.97 Å². The Hall–Kier alpha value is -1.54. The van der Waals surface area contributed by atoms with E-state index in [0.717, 1.165) is 5.69 Å². The van der Waals surface area contributed by atoms with Crippen molar-refractivity contribution < 1.29 is 9.53 Å². The van der Waals surface area contributed by atoms with Crippen molar-refractivity contribution >= 4 is 17.7 Å². The Morgan fingerprint density at radius 2 is 2.35 bits per heavy atom. The molecule has 1 heterocycles. The van der Waals surface area contributed by atoms with E-state index in [1.54, 1.807) is 19.1 Å². The molecule has 0 aliphatic carbocycles. The minimum Gasteiger partial charge on any atom is -0.469 e. The van der Waals surface area contributed by atoms with E-state index < -0.39 is 0 Å². The largest absolute Gasteiger partial charge is 0.469 e. The van der Waals surface area contributed by atoms with Gasteiger partial charge in [0.1, 0.15) is 11.1 Å². The lowest BCUT2D eigenvalue weighted by molar-refractivity contribution is -0.143. The molecule has 1 aromatic rings. The van der Waals surface area contributed by atoms with E-state index >= 15 is 0 Å². The van der Waals surface area contributed by atoms with E-state index in [1.807, 2.05) is 6.92 Å². The molecular formula is C12H14N2O2S. The Kier molecular flexibility index (Phi) is 4.98. The number of esters is 1. The standard InChI is InChI=1S/C12H14N2O2S/c1-8(12(15)16-3)7-17-11-10(6-13)5-4-9(2)14-11/h4-5,8H,7H2,1-3H3. The second kappa shape index (κ2) is 6.26. The van der Waals surface area contributed by atoms with Crippen LogP contribution >= 0.6 is 11.8 Å². The van der Waals surface area contributed by atoms with Gasteiger partial charge in [0.05, 0.1) is 18.6 Å². The molecule has 0 aliphatic heterocycles. The number of carbonyl (C=O) groups is 1. The van der Waals surface area contributed by atoms with Crippen LogP contribution in [0.1, 0.15) is 18.2 Å². The van der Waals surface area contributed by atoms with Gasteiger partial charge in [0.2, 0.25) is 0 Å². The molecule has 1 rings (SSSR count). The number of methoxy groups -OCH3 is 1. The molecule has 5 heteroatoms. The van der Waals surface area contributed by atoms with Crippen molar-refractivity contribution in [1.29, 1.82) is 5.26 Å². The molecule has 4 nitrogen and oxygen atoms in total. The predicted molar refractivity (Wildman–Crippen MR) is 65.6 cm³/mol. The lowest BCUT2D eigenvalue weighted by Crippen LogP contribution is -2.15. The van der Waals surface area contributed by atoms with Gasteiger partial charge in [-0.2, -0.15) is 5.26 Å². The number of hydrogen-bond donors (Lipinski definition) is 0. The third kappa shape index (κ3) is 3.75. The highest BCUT2D eigenvalue weighted by molar-refractivity contribution is 7.99. The van der Waals surface area contributed by atoms with Gasteiger partial charge in [-0.25, -0.2) is 4.98 Å². The van der Waals surface area contributed by atoms with Gasteiger partial charge in [0, 0.05) is 11.4 Å². The summed E-state index contributed by atoms with van der Waals surface area (Å²) in [5.41, 5.74) is 1.40. The third-order valence-electron chi connectivity index (χ3n) is 2.19. The van der Waals surface area contributed by atoms with Crippen LogP contribution in [0.25, 0.3) is 0 Å². The predicted octanol–water partition coefficient (Wildman–Crippen LogP) is 2.16. The fraction of sp³-hybridized carbons (Fsp3) is 0.417. The summed E-state index contributed by atoms with van der Waals surface area (Å²) in [5.74, 6) is 0.0974. The Labute approximate surface area is 105 Å². The Morgan fingerprint density at radius 1 is 1.65 bits per heavy atom. The molecule has 0 N–H and O–H groups in total. The maximum absolute atomic E-state index is 11.2. The number of nitriles is 1. The van der Waals surface area contributed by atoms with Gasteiger partial charge in [0.15, 0.2) is 0 Å². The topological polar surface area (TPSA) is 63.0 Å². The quantitative estimate of drug-likeness (QED) is 0.605. The highest BCUT2D eigenvalue weighted by Crippen LogP contribution is 2.23. The molecule has 0 saturated heterocycles. The van der Waals surface area contributed by atoms with Crippen LogP contribution in [-0.2, 0) is 9.53 Å². The van der Waals surface area contributed by atoms with Crippen molar-refractivity contribution in [1.82, 2.24) is 4.98 Å². The van der Waals surface area contributed by atoms with Crippen LogP contribution in [0.4, 0.5) is 0 Å². The fourth-order valence-corrected chi connectivity index (χ4v) is 2.22. The van der Waals surface area contributed by atoms with Crippen LogP contribution in [0.2, 0.25) is 0 Å². The smallest absolute Gasteiger partial charge is 0.309 e. The van der Waals surface area contributed by atoms with Crippen molar-refractivity contribution in [2.24, 2.45) is 5.92 Å². The lowest BCUT2D eigenvalue weighted by atomic mass is 10.2. The number of thioether (sulfide) groups is 1. The average Bonchev–Trinajstić information content (AvgIpc) is 2.35. The van der Waals surface area contributed by atoms with Gasteiger partial charge in [-0.15, -0.1) is 11.8 Å². The number of aryl methyl sites for hydroxylation is 1. The molecule has 0 saturated carbocycles. The Bertz CT molecular complexity index is 454. The van der Waals surface area contributed by atoms with Crippen molar-refractivity contribution in [3.05, 3.63) is 23.4 Å². The van der Waals surface area contributed by atoms with Gasteiger partial charge in [-0.1, -0.05) is 6.92 Å². The average molecular weight is 250 g/mol. The van der Waals surface area contributed by atoms with E-state index in [-0.39, 0.29) is 11.9 Å². The molecule has 0 spiro atoms. The number of nitrogens with zero attached hydrogens (tertiary/aromatic N) is 2. The van der Waals surface area contributed by atoms with Gasteiger partial charge < -0.3 is 4.74 Å². The normalized spacial score (nSPS) is 11.6. The highest BCUT2D eigenvalue weighted by atomic mass is 32.2. The van der Waals surface area contributed by atoms with Crippen molar-refractivity contribution in [2.45, 2.75) is 18.9 Å². The Morgan fingerprint density at radius 3 is 2.94 bits per heavy atom. The molecule has 1 aromatic heterocycles. The molecule has 0 aromatic carbocycles. The van der Waals surface area contributed by atoms with E-state index in [9.17, 15) is 4.79 Å². The van der Waals surface area contributed by atoms with Gasteiger partial charge in [0.25, 0.3) is 0 Å². The SMILES string of the molecule is COC(=O)C(C)CSc1nc(C)ccc1C#N. The minimum atomic E-state index is -0.247. The summed E-state index contributed by atoms with van der Waals surface area (Å²) in [7, 11) is 1.37. The van der Waals surface area contributed by atoms with Crippen molar-refractivity contribution in [3.8, 4) is 6.07 Å². The van der Waals surface area contributed by atoms with Gasteiger partial charge in [-0.3, -0.25) is 4.79 Å². The second-order valence-electron chi connectivity index (χ2n) is 3.65. The molecule has 0 amide bonds. The van der Waals surface area contributed by atoms with E-state index in [0.29, 0.717) is 16.3 Å². The first-order valence-corrected chi connectivity index (χ1v) is 6.15. The number of pyridine rings is 1. The number of ether oxygens (including phenoxy) is 1. The molecule has 0 bridgehead atoms. The number of hydrogen-bond acceptors (Lipinski definition) is 5. The fourth-order valence-electron chi connectivity index (χ4n) is 1.20. The highest BCUT2D eigenvalue weighted by Gasteiger charge is 2.15. The monoisotopic (exact) mass is 250 g/mol. The second-order valence-corrected chi connectivity index (χ2v) is 4.66. The summed E-state index contributed by atoms with van der Waals surface area (Å²) in [6.45, 7) is 3.66. The first-order chi connectivity index (χ1) is 8.08. The molecule has 1 unspecified atom stereocenters. The molecule has 0 aliphatic rings. The third-order valence-corrected chi connectivity index (χ3v) is 3.44. The van der Waals surface area contributed by atoms with E-state index in [1.165, 1.54) is 18.9 Å². The molecule has 1 atom stereocenters. The van der Waals surface area contributed by atoms with Crippen molar-refractivity contribution in [3.63, 3.8) is 0 Å². The molecule has 90 valence electrons. The van der Waals surface area contributed by atoms with Crippen LogP contribution < -0.4 is 0 Å². The minimum absolute atomic E-state index is 0.209.